The summed E-state index contributed by atoms with van der Waals surface area (Å²) < 4.78 is 0. The van der Waals surface area contributed by atoms with Crippen molar-refractivity contribution in [1.29, 1.82) is 0 Å². The monoisotopic (exact) mass is 473 g/mol. The first-order valence-corrected chi connectivity index (χ1v) is 12.1. The van der Waals surface area contributed by atoms with Gasteiger partial charge in [-0.3, -0.25) is 19.3 Å². The van der Waals surface area contributed by atoms with Crippen molar-refractivity contribution < 1.29 is 14.4 Å². The molecule has 0 spiro atoms. The van der Waals surface area contributed by atoms with E-state index in [9.17, 15) is 14.4 Å². The summed E-state index contributed by atoms with van der Waals surface area (Å²) in [5, 5.41) is 5.51. The maximum Gasteiger partial charge on any atom is 0.252 e. The average Bonchev–Trinajstić information content (AvgIpc) is 3.22. The van der Waals surface area contributed by atoms with Crippen molar-refractivity contribution in [2.45, 2.75) is 31.7 Å². The van der Waals surface area contributed by atoms with E-state index in [1.807, 2.05) is 67.6 Å². The van der Waals surface area contributed by atoms with Crippen LogP contribution in [0.25, 0.3) is 0 Å². The van der Waals surface area contributed by atoms with Crippen LogP contribution in [0.4, 0.5) is 11.4 Å². The number of nitrogens with zero attached hydrogens (tertiary/aromatic N) is 1. The summed E-state index contributed by atoms with van der Waals surface area (Å²) in [6.07, 6.45) is 0. The normalized spacial score (nSPS) is 15.8. The Morgan fingerprint density at radius 1 is 0.971 bits per heavy atom. The maximum atomic E-state index is 13.1. The Morgan fingerprint density at radius 3 is 2.38 bits per heavy atom. The fourth-order valence-electron chi connectivity index (χ4n) is 3.70. The number of aryl methyl sites for hydroxylation is 1. The average molecular weight is 474 g/mol. The molecule has 0 saturated carbocycles. The third-order valence-electron chi connectivity index (χ3n) is 5.64. The van der Waals surface area contributed by atoms with Crippen molar-refractivity contribution in [3.8, 4) is 0 Å². The number of nitrogens with one attached hydrogen (secondary N) is 2. The molecule has 3 aromatic carbocycles. The molecule has 2 N–H and O–H groups in total. The molecule has 0 bridgehead atoms. The van der Waals surface area contributed by atoms with Gasteiger partial charge in [0.2, 0.25) is 11.8 Å². The molecular weight excluding hydrogens is 446 g/mol. The Kier molecular flexibility index (Phi) is 6.75. The Hall–Kier alpha value is -3.58. The lowest BCUT2D eigenvalue weighted by molar-refractivity contribution is -0.121. The first kappa shape index (κ1) is 23.6. The first-order chi connectivity index (χ1) is 16.2. The zero-order valence-electron chi connectivity index (χ0n) is 19.4. The highest BCUT2D eigenvalue weighted by atomic mass is 32.2. The zero-order chi connectivity index (χ0) is 24.3. The van der Waals surface area contributed by atoms with Crippen LogP contribution in [0.1, 0.15) is 40.7 Å². The number of anilines is 2. The molecule has 0 unspecified atom stereocenters. The van der Waals surface area contributed by atoms with E-state index in [0.29, 0.717) is 22.7 Å². The van der Waals surface area contributed by atoms with Crippen LogP contribution in [0.5, 0.6) is 0 Å². The van der Waals surface area contributed by atoms with Crippen LogP contribution in [-0.4, -0.2) is 29.0 Å². The van der Waals surface area contributed by atoms with E-state index >= 15 is 0 Å². The highest BCUT2D eigenvalue weighted by Crippen LogP contribution is 2.41. The number of carbonyl (C=O) groups excluding carboxylic acids is 3. The highest BCUT2D eigenvalue weighted by molar-refractivity contribution is 8.00. The van der Waals surface area contributed by atoms with Gasteiger partial charge in [-0.25, -0.2) is 0 Å². The summed E-state index contributed by atoms with van der Waals surface area (Å²) in [7, 11) is 0. The third-order valence-corrected chi connectivity index (χ3v) is 6.85. The number of rotatable bonds is 6. The molecule has 1 fully saturated rings. The molecule has 174 valence electrons. The van der Waals surface area contributed by atoms with Crippen LogP contribution in [0, 0.1) is 6.92 Å². The minimum atomic E-state index is -1.15. The standard InChI is InChI=1S/C27H27N3O3S/c1-18-12-14-21(15-13-18)28-26(33)27(2,3)29-24(32)20-10-7-11-22(16-20)30-23(31)17-34-25(30)19-8-5-4-6-9-19/h4-16,25H,17H2,1-3H3,(H,28,33)(H,29,32)/t25-/m0/s1. The van der Waals surface area contributed by atoms with Gasteiger partial charge in [0.05, 0.1) is 5.75 Å². The molecule has 0 radical (unpaired) electrons. The quantitative estimate of drug-likeness (QED) is 0.533. The van der Waals surface area contributed by atoms with Crippen LogP contribution in [0.3, 0.4) is 0 Å². The van der Waals surface area contributed by atoms with Crippen LogP contribution in [0.15, 0.2) is 78.9 Å². The number of benzene rings is 3. The van der Waals surface area contributed by atoms with Gasteiger partial charge in [0.1, 0.15) is 10.9 Å². The predicted molar refractivity (Wildman–Crippen MR) is 137 cm³/mol. The van der Waals surface area contributed by atoms with Gasteiger partial charge < -0.3 is 10.6 Å². The van der Waals surface area contributed by atoms with Crippen molar-refractivity contribution in [2.75, 3.05) is 16.0 Å². The van der Waals surface area contributed by atoms with E-state index in [-0.39, 0.29) is 23.1 Å². The van der Waals surface area contributed by atoms with Gasteiger partial charge in [-0.05, 0) is 56.7 Å². The predicted octanol–water partition coefficient (Wildman–Crippen LogP) is 4.92. The fraction of sp³-hybridized carbons (Fsp3) is 0.222. The Morgan fingerprint density at radius 2 is 1.68 bits per heavy atom. The van der Waals surface area contributed by atoms with E-state index < -0.39 is 5.54 Å². The molecule has 1 atom stereocenters. The van der Waals surface area contributed by atoms with Crippen molar-refractivity contribution in [3.63, 3.8) is 0 Å². The second kappa shape index (κ2) is 9.73. The van der Waals surface area contributed by atoms with Crippen LogP contribution in [0.2, 0.25) is 0 Å². The molecule has 0 aliphatic carbocycles. The number of amides is 3. The molecule has 1 aliphatic rings. The van der Waals surface area contributed by atoms with Crippen LogP contribution < -0.4 is 15.5 Å². The van der Waals surface area contributed by atoms with E-state index in [1.165, 1.54) is 0 Å². The smallest absolute Gasteiger partial charge is 0.252 e. The van der Waals surface area contributed by atoms with Gasteiger partial charge in [0.25, 0.3) is 5.91 Å². The zero-order valence-corrected chi connectivity index (χ0v) is 20.2. The summed E-state index contributed by atoms with van der Waals surface area (Å²) >= 11 is 1.56. The first-order valence-electron chi connectivity index (χ1n) is 11.0. The Labute approximate surface area is 203 Å². The molecule has 0 aromatic heterocycles. The number of carbonyl (C=O) groups is 3. The largest absolute Gasteiger partial charge is 0.338 e. The van der Waals surface area contributed by atoms with Crippen molar-refractivity contribution in [3.05, 3.63) is 95.6 Å². The Bertz CT molecular complexity index is 1210. The molecule has 3 amide bonds. The summed E-state index contributed by atoms with van der Waals surface area (Å²) in [5.74, 6) is -0.339. The molecule has 7 heteroatoms. The van der Waals surface area contributed by atoms with Crippen LogP contribution >= 0.6 is 11.8 Å². The van der Waals surface area contributed by atoms with Gasteiger partial charge in [-0.1, -0.05) is 54.1 Å². The lowest BCUT2D eigenvalue weighted by Gasteiger charge is -2.26. The third kappa shape index (κ3) is 5.15. The number of thioether (sulfide) groups is 1. The lowest BCUT2D eigenvalue weighted by Crippen LogP contribution is -2.52. The van der Waals surface area contributed by atoms with E-state index in [0.717, 1.165) is 11.1 Å². The lowest BCUT2D eigenvalue weighted by atomic mass is 10.0. The molecule has 4 rings (SSSR count). The SMILES string of the molecule is Cc1ccc(NC(=O)C(C)(C)NC(=O)c2cccc(N3C(=O)CS[C@H]3c3ccccc3)c2)cc1. The second-order valence-corrected chi connectivity index (χ2v) is 9.86. The van der Waals surface area contributed by atoms with Gasteiger partial charge in [0.15, 0.2) is 0 Å². The second-order valence-electron chi connectivity index (χ2n) is 8.79. The van der Waals surface area contributed by atoms with Crippen molar-refractivity contribution >= 4 is 40.9 Å². The summed E-state index contributed by atoms with van der Waals surface area (Å²) in [6, 6.07) is 24.2. The van der Waals surface area contributed by atoms with Gasteiger partial charge in [0, 0.05) is 16.9 Å². The van der Waals surface area contributed by atoms with Crippen LogP contribution in [-0.2, 0) is 9.59 Å². The molecule has 34 heavy (non-hydrogen) atoms. The fourth-order valence-corrected chi connectivity index (χ4v) is 4.88. The molecular formula is C27H27N3O3S. The van der Waals surface area contributed by atoms with E-state index in [4.69, 9.17) is 0 Å². The van der Waals surface area contributed by atoms with E-state index in [2.05, 4.69) is 10.6 Å². The summed E-state index contributed by atoms with van der Waals surface area (Å²) in [5.41, 5.74) is 2.67. The van der Waals surface area contributed by atoms with Gasteiger partial charge >= 0.3 is 0 Å². The van der Waals surface area contributed by atoms with Gasteiger partial charge in [-0.2, -0.15) is 0 Å². The summed E-state index contributed by atoms with van der Waals surface area (Å²) in [6.45, 7) is 5.29. The van der Waals surface area contributed by atoms with E-state index in [1.54, 1.807) is 48.7 Å². The van der Waals surface area contributed by atoms with Crippen molar-refractivity contribution in [2.24, 2.45) is 0 Å². The highest BCUT2D eigenvalue weighted by Gasteiger charge is 2.35. The minimum Gasteiger partial charge on any atom is -0.338 e. The number of hydrogen-bond donors (Lipinski definition) is 2. The maximum absolute atomic E-state index is 13.1. The topological polar surface area (TPSA) is 78.5 Å². The molecule has 6 nitrogen and oxygen atoms in total. The number of hydrogen-bond acceptors (Lipinski definition) is 4. The van der Waals surface area contributed by atoms with Gasteiger partial charge in [-0.15, -0.1) is 11.8 Å². The summed E-state index contributed by atoms with van der Waals surface area (Å²) in [4.78, 5) is 40.3. The molecule has 1 aliphatic heterocycles. The Balaban J connectivity index is 1.50. The molecule has 1 saturated heterocycles. The molecule has 1 heterocycles. The van der Waals surface area contributed by atoms with Crippen molar-refractivity contribution in [1.82, 2.24) is 5.32 Å². The molecule has 3 aromatic rings. The minimum absolute atomic E-state index is 0.00535.